The summed E-state index contributed by atoms with van der Waals surface area (Å²) in [6.45, 7) is 4.61. The van der Waals surface area contributed by atoms with Crippen molar-refractivity contribution in [3.05, 3.63) is 48.6 Å². The molecule has 114 valence electrons. The van der Waals surface area contributed by atoms with Crippen LogP contribution in [-0.4, -0.2) is 34.8 Å². The van der Waals surface area contributed by atoms with Gasteiger partial charge in [0.25, 0.3) is 0 Å². The van der Waals surface area contributed by atoms with E-state index in [1.165, 1.54) is 0 Å². The number of aliphatic hydroxyl groups excluding tert-OH is 1. The smallest absolute Gasteiger partial charge is 0.410 e. The number of carbonyl (C=O) groups is 1. The van der Waals surface area contributed by atoms with Gasteiger partial charge in [0.2, 0.25) is 0 Å². The Hall–Kier alpha value is -1.81. The molecule has 4 heteroatoms. The summed E-state index contributed by atoms with van der Waals surface area (Å²) in [6.07, 6.45) is 4.07. The molecule has 1 fully saturated rings. The van der Waals surface area contributed by atoms with Crippen molar-refractivity contribution in [2.75, 3.05) is 6.54 Å². The minimum absolute atomic E-state index is 0.167. The number of hydrogen-bond donors (Lipinski definition) is 1. The molecule has 1 N–H and O–H groups in total. The minimum atomic E-state index is -0.469. The first kappa shape index (κ1) is 15.6. The van der Waals surface area contributed by atoms with Crippen molar-refractivity contribution >= 4 is 6.09 Å². The lowest BCUT2D eigenvalue weighted by Gasteiger charge is -2.38. The fourth-order valence-electron chi connectivity index (χ4n) is 2.70. The van der Waals surface area contributed by atoms with Gasteiger partial charge in [-0.3, -0.25) is 0 Å². The minimum Gasteiger partial charge on any atom is -0.445 e. The van der Waals surface area contributed by atoms with Gasteiger partial charge in [-0.1, -0.05) is 36.4 Å². The highest BCUT2D eigenvalue weighted by Crippen LogP contribution is 2.22. The van der Waals surface area contributed by atoms with E-state index >= 15 is 0 Å². The summed E-state index contributed by atoms with van der Waals surface area (Å²) >= 11 is 0. The Balaban J connectivity index is 1.93. The van der Waals surface area contributed by atoms with Crippen LogP contribution in [-0.2, 0) is 11.3 Å². The van der Waals surface area contributed by atoms with E-state index in [9.17, 15) is 9.90 Å². The van der Waals surface area contributed by atoms with Crippen LogP contribution in [0.15, 0.2) is 43.0 Å². The fraction of sp³-hybridized carbons (Fsp3) is 0.471. The van der Waals surface area contributed by atoms with Crippen LogP contribution in [0.4, 0.5) is 4.79 Å². The Bertz CT molecular complexity index is 460. The van der Waals surface area contributed by atoms with Crippen molar-refractivity contribution in [1.29, 1.82) is 0 Å². The zero-order valence-electron chi connectivity index (χ0n) is 12.3. The van der Waals surface area contributed by atoms with Crippen LogP contribution in [0.5, 0.6) is 0 Å². The summed E-state index contributed by atoms with van der Waals surface area (Å²) in [6, 6.07) is 9.44. The molecule has 1 aliphatic rings. The highest BCUT2D eigenvalue weighted by molar-refractivity contribution is 5.68. The lowest BCUT2D eigenvalue weighted by molar-refractivity contribution is 0.000737. The van der Waals surface area contributed by atoms with Gasteiger partial charge in [-0.05, 0) is 31.2 Å². The van der Waals surface area contributed by atoms with Gasteiger partial charge in [0, 0.05) is 6.54 Å². The Morgan fingerprint density at radius 3 is 2.90 bits per heavy atom. The standard InChI is InChI=1S/C17H23NO3/c1-2-3-10-15-16(19)11-7-12-18(15)17(20)21-13-14-8-5-4-6-9-14/h2,4-6,8-9,15-16,19H,1,3,7,10-13H2/t15-,16-/m1/s1. The second kappa shape index (κ2) is 7.84. The first-order valence-electron chi connectivity index (χ1n) is 7.48. The molecule has 0 saturated carbocycles. The highest BCUT2D eigenvalue weighted by Gasteiger charge is 2.33. The Morgan fingerprint density at radius 2 is 2.19 bits per heavy atom. The molecule has 21 heavy (non-hydrogen) atoms. The van der Waals surface area contributed by atoms with Gasteiger partial charge in [0.05, 0.1) is 12.1 Å². The molecule has 1 aromatic carbocycles. The molecule has 0 spiro atoms. The number of benzene rings is 1. The summed E-state index contributed by atoms with van der Waals surface area (Å²) in [4.78, 5) is 13.9. The largest absolute Gasteiger partial charge is 0.445 e. The van der Waals surface area contributed by atoms with Crippen LogP contribution in [0.1, 0.15) is 31.2 Å². The van der Waals surface area contributed by atoms with Crippen LogP contribution in [0.3, 0.4) is 0 Å². The van der Waals surface area contributed by atoms with E-state index in [0.29, 0.717) is 6.54 Å². The van der Waals surface area contributed by atoms with Crippen LogP contribution in [0.25, 0.3) is 0 Å². The van der Waals surface area contributed by atoms with Gasteiger partial charge in [-0.2, -0.15) is 0 Å². The maximum Gasteiger partial charge on any atom is 0.410 e. The van der Waals surface area contributed by atoms with Crippen molar-refractivity contribution in [2.45, 2.75) is 44.4 Å². The summed E-state index contributed by atoms with van der Waals surface area (Å²) < 4.78 is 5.38. The number of piperidine rings is 1. The van der Waals surface area contributed by atoms with Gasteiger partial charge >= 0.3 is 6.09 Å². The molecular formula is C17H23NO3. The summed E-state index contributed by atoms with van der Waals surface area (Å²) in [5, 5.41) is 10.1. The Labute approximate surface area is 126 Å². The first-order valence-corrected chi connectivity index (χ1v) is 7.48. The Kier molecular flexibility index (Phi) is 5.81. The number of aliphatic hydroxyl groups is 1. The first-order chi connectivity index (χ1) is 10.2. The molecule has 2 rings (SSSR count). The van der Waals surface area contributed by atoms with E-state index in [1.54, 1.807) is 4.90 Å². The lowest BCUT2D eigenvalue weighted by Crippen LogP contribution is -2.51. The van der Waals surface area contributed by atoms with Crippen molar-refractivity contribution in [3.63, 3.8) is 0 Å². The molecule has 1 amide bonds. The van der Waals surface area contributed by atoms with Crippen LogP contribution < -0.4 is 0 Å². The number of hydrogen-bond acceptors (Lipinski definition) is 3. The fourth-order valence-corrected chi connectivity index (χ4v) is 2.70. The van der Waals surface area contributed by atoms with E-state index in [0.717, 1.165) is 31.2 Å². The van der Waals surface area contributed by atoms with Crippen molar-refractivity contribution < 1.29 is 14.6 Å². The van der Waals surface area contributed by atoms with Gasteiger partial charge in [-0.15, -0.1) is 6.58 Å². The lowest BCUT2D eigenvalue weighted by atomic mass is 9.95. The van der Waals surface area contributed by atoms with Gasteiger partial charge in [0.15, 0.2) is 0 Å². The topological polar surface area (TPSA) is 49.8 Å². The normalized spacial score (nSPS) is 21.9. The second-order valence-electron chi connectivity index (χ2n) is 5.38. The average molecular weight is 289 g/mol. The number of carbonyl (C=O) groups excluding carboxylic acids is 1. The van der Waals surface area contributed by atoms with E-state index in [4.69, 9.17) is 4.74 Å². The quantitative estimate of drug-likeness (QED) is 0.847. The van der Waals surface area contributed by atoms with Crippen molar-refractivity contribution in [1.82, 2.24) is 4.90 Å². The summed E-state index contributed by atoms with van der Waals surface area (Å²) in [5.74, 6) is 0. The third-order valence-electron chi connectivity index (χ3n) is 3.85. The number of ether oxygens (including phenoxy) is 1. The van der Waals surface area contributed by atoms with Gasteiger partial charge in [-0.25, -0.2) is 4.79 Å². The third kappa shape index (κ3) is 4.33. The van der Waals surface area contributed by atoms with Crippen molar-refractivity contribution in [3.8, 4) is 0 Å². The van der Waals surface area contributed by atoms with Crippen molar-refractivity contribution in [2.24, 2.45) is 0 Å². The molecule has 0 bridgehead atoms. The summed E-state index contributed by atoms with van der Waals surface area (Å²) in [7, 11) is 0. The predicted molar refractivity (Wildman–Crippen MR) is 81.8 cm³/mol. The molecule has 0 radical (unpaired) electrons. The summed E-state index contributed by atoms with van der Waals surface area (Å²) in [5.41, 5.74) is 0.964. The second-order valence-corrected chi connectivity index (χ2v) is 5.38. The molecule has 4 nitrogen and oxygen atoms in total. The van der Waals surface area contributed by atoms with Crippen LogP contribution >= 0.6 is 0 Å². The van der Waals surface area contributed by atoms with Crippen LogP contribution in [0, 0.1) is 0 Å². The van der Waals surface area contributed by atoms with Crippen LogP contribution in [0.2, 0.25) is 0 Å². The maximum absolute atomic E-state index is 12.3. The SMILES string of the molecule is C=CCC[C@@H]1[C@H](O)CCCN1C(=O)OCc1ccccc1. The van der Waals surface area contributed by atoms with E-state index < -0.39 is 6.10 Å². The molecular weight excluding hydrogens is 266 g/mol. The molecule has 1 saturated heterocycles. The number of allylic oxidation sites excluding steroid dienone is 1. The molecule has 2 atom stereocenters. The zero-order valence-corrected chi connectivity index (χ0v) is 12.3. The molecule has 0 unspecified atom stereocenters. The van der Waals surface area contributed by atoms with E-state index in [-0.39, 0.29) is 18.7 Å². The molecule has 0 aliphatic carbocycles. The highest BCUT2D eigenvalue weighted by atomic mass is 16.6. The zero-order chi connectivity index (χ0) is 15.1. The van der Waals surface area contributed by atoms with Gasteiger partial charge in [0.1, 0.15) is 6.61 Å². The van der Waals surface area contributed by atoms with Gasteiger partial charge < -0.3 is 14.7 Å². The molecule has 1 aliphatic heterocycles. The van der Waals surface area contributed by atoms with E-state index in [1.807, 2.05) is 36.4 Å². The average Bonchev–Trinajstić information content (AvgIpc) is 2.52. The number of likely N-dealkylation sites (tertiary alicyclic amines) is 1. The monoisotopic (exact) mass is 289 g/mol. The molecule has 0 aromatic heterocycles. The maximum atomic E-state index is 12.3. The number of amides is 1. The Morgan fingerprint density at radius 1 is 1.43 bits per heavy atom. The molecule has 1 heterocycles. The predicted octanol–water partition coefficient (Wildman–Crippen LogP) is 3.11. The number of nitrogens with zero attached hydrogens (tertiary/aromatic N) is 1. The third-order valence-corrected chi connectivity index (χ3v) is 3.85. The molecule has 1 aromatic rings. The number of rotatable bonds is 5. The van der Waals surface area contributed by atoms with E-state index in [2.05, 4.69) is 6.58 Å².